The molecule has 0 aliphatic rings. The smallest absolute Gasteiger partial charge is 0.432 e. The zero-order chi connectivity index (χ0) is 18.5. The number of hydrogen-bond donors (Lipinski definition) is 1. The lowest BCUT2D eigenvalue weighted by atomic mass is 10.1. The van der Waals surface area contributed by atoms with Gasteiger partial charge < -0.3 is 4.74 Å². The molecule has 1 aromatic carbocycles. The highest BCUT2D eigenvalue weighted by Gasteiger charge is 2.33. The summed E-state index contributed by atoms with van der Waals surface area (Å²) in [7, 11) is -4.35. The Balaban J connectivity index is 2.99. The van der Waals surface area contributed by atoms with Crippen LogP contribution in [0.4, 0.5) is 10.5 Å². The fourth-order valence-corrected chi connectivity index (χ4v) is 3.17. The number of rotatable bonds is 6. The van der Waals surface area contributed by atoms with Crippen LogP contribution in [0.3, 0.4) is 0 Å². The first-order valence-corrected chi connectivity index (χ1v) is 8.59. The summed E-state index contributed by atoms with van der Waals surface area (Å²) < 4.78 is 34.0. The second-order valence-corrected chi connectivity index (χ2v) is 7.61. The van der Waals surface area contributed by atoms with E-state index in [9.17, 15) is 23.3 Å². The van der Waals surface area contributed by atoms with Gasteiger partial charge in [-0.15, -0.1) is 4.28 Å². The molecule has 0 saturated heterocycles. The van der Waals surface area contributed by atoms with Crippen molar-refractivity contribution in [3.8, 4) is 0 Å². The third kappa shape index (κ3) is 5.46. The van der Waals surface area contributed by atoms with E-state index in [1.54, 1.807) is 26.3 Å². The molecule has 0 aliphatic carbocycles. The zero-order valence-corrected chi connectivity index (χ0v) is 14.6. The summed E-state index contributed by atoms with van der Waals surface area (Å²) in [5, 5.41) is 9.76. The van der Waals surface area contributed by atoms with Gasteiger partial charge in [0.05, 0.1) is 10.5 Å². The average molecular weight is 360 g/mol. The van der Waals surface area contributed by atoms with E-state index in [0.29, 0.717) is 0 Å². The first-order chi connectivity index (χ1) is 11.0. The minimum Gasteiger partial charge on any atom is -0.442 e. The number of amides is 1. The van der Waals surface area contributed by atoms with E-state index in [1.807, 2.05) is 0 Å². The van der Waals surface area contributed by atoms with E-state index in [-0.39, 0.29) is 17.7 Å². The molecule has 0 aliphatic heterocycles. The summed E-state index contributed by atoms with van der Waals surface area (Å²) in [5.41, 5.74) is 0.503. The van der Waals surface area contributed by atoms with Crippen molar-refractivity contribution in [2.24, 2.45) is 0 Å². The number of carbonyl (C=O) groups excluding carboxylic acids is 1. The van der Waals surface area contributed by atoms with Crippen molar-refractivity contribution in [1.29, 1.82) is 0 Å². The van der Waals surface area contributed by atoms with Crippen molar-refractivity contribution in [1.82, 2.24) is 5.48 Å². The molecule has 0 fully saturated rings. The van der Waals surface area contributed by atoms with Gasteiger partial charge in [0.15, 0.2) is 0 Å². The summed E-state index contributed by atoms with van der Waals surface area (Å²) >= 11 is 0. The molecule has 1 atom stereocenters. The maximum Gasteiger partial charge on any atom is 0.432 e. The van der Waals surface area contributed by atoms with Crippen LogP contribution < -0.4 is 5.48 Å². The lowest BCUT2D eigenvalue weighted by Gasteiger charge is -2.20. The van der Waals surface area contributed by atoms with Gasteiger partial charge in [0.1, 0.15) is 10.9 Å². The zero-order valence-electron chi connectivity index (χ0n) is 13.8. The second kappa shape index (κ2) is 7.58. The largest absolute Gasteiger partial charge is 0.442 e. The Hall–Kier alpha value is -2.20. The van der Waals surface area contributed by atoms with Crippen molar-refractivity contribution in [2.45, 2.75) is 45.0 Å². The van der Waals surface area contributed by atoms with Gasteiger partial charge >= 0.3 is 6.09 Å². The first kappa shape index (κ1) is 19.8. The number of hydrogen-bond acceptors (Lipinski definition) is 7. The van der Waals surface area contributed by atoms with Crippen LogP contribution in [0.15, 0.2) is 24.3 Å². The minimum atomic E-state index is -4.35. The molecule has 0 saturated carbocycles. The van der Waals surface area contributed by atoms with Crippen LogP contribution in [-0.4, -0.2) is 25.0 Å². The second-order valence-electron chi connectivity index (χ2n) is 5.89. The van der Waals surface area contributed by atoms with Crippen LogP contribution in [0.1, 0.15) is 44.9 Å². The Labute approximate surface area is 140 Å². The van der Waals surface area contributed by atoms with Crippen molar-refractivity contribution >= 4 is 21.9 Å². The monoisotopic (exact) mass is 360 g/mol. The lowest BCUT2D eigenvalue weighted by molar-refractivity contribution is -0.385. The Morgan fingerprint density at radius 3 is 2.42 bits per heavy atom. The van der Waals surface area contributed by atoms with Crippen LogP contribution in [-0.2, 0) is 19.1 Å². The van der Waals surface area contributed by atoms with Gasteiger partial charge in [-0.1, -0.05) is 25.1 Å². The van der Waals surface area contributed by atoms with Crippen LogP contribution in [0.5, 0.6) is 0 Å². The standard InChI is InChI=1S/C14H20N2O7S/c1-5-12(10-8-6-7-9-11(10)16(18)19)24(20,21)23-15-13(17)22-14(2,3)4/h6-9,12H,5H2,1-4H3,(H,15,17). The van der Waals surface area contributed by atoms with E-state index >= 15 is 0 Å². The molecule has 1 amide bonds. The highest BCUT2D eigenvalue weighted by atomic mass is 32.2. The number of nitrogens with zero attached hydrogens (tertiary/aromatic N) is 1. The van der Waals surface area contributed by atoms with Gasteiger partial charge in [0.25, 0.3) is 15.8 Å². The van der Waals surface area contributed by atoms with Crippen molar-refractivity contribution in [3.63, 3.8) is 0 Å². The third-order valence-electron chi connectivity index (χ3n) is 2.84. The molecule has 1 aromatic rings. The summed E-state index contributed by atoms with van der Waals surface area (Å²) in [5.74, 6) is 0. The highest BCUT2D eigenvalue weighted by Crippen LogP contribution is 2.33. The number of para-hydroxylation sites is 1. The number of carbonyl (C=O) groups is 1. The summed E-state index contributed by atoms with van der Waals surface area (Å²) in [6, 6.07) is 5.46. The minimum absolute atomic E-state index is 0.0170. The Kier molecular flexibility index (Phi) is 6.27. The first-order valence-electron chi connectivity index (χ1n) is 7.12. The number of hydroxylamine groups is 1. The van der Waals surface area contributed by atoms with Gasteiger partial charge in [0.2, 0.25) is 0 Å². The molecule has 9 nitrogen and oxygen atoms in total. The normalized spacial score (nSPS) is 13.2. The molecular weight excluding hydrogens is 340 g/mol. The summed E-state index contributed by atoms with van der Waals surface area (Å²) in [6.45, 7) is 6.34. The molecule has 1 unspecified atom stereocenters. The number of ether oxygens (including phenoxy) is 1. The molecule has 10 heteroatoms. The van der Waals surface area contributed by atoms with Crippen molar-refractivity contribution < 1.29 is 27.2 Å². The van der Waals surface area contributed by atoms with Crippen molar-refractivity contribution in [2.75, 3.05) is 0 Å². The van der Waals surface area contributed by atoms with E-state index in [1.165, 1.54) is 31.2 Å². The van der Waals surface area contributed by atoms with Crippen LogP contribution >= 0.6 is 0 Å². The Morgan fingerprint density at radius 1 is 1.33 bits per heavy atom. The van der Waals surface area contributed by atoms with Gasteiger partial charge in [-0.3, -0.25) is 10.1 Å². The third-order valence-corrected chi connectivity index (χ3v) is 4.44. The predicted octanol–water partition coefficient (Wildman–Crippen LogP) is 2.83. The topological polar surface area (TPSA) is 125 Å². The average Bonchev–Trinajstić information content (AvgIpc) is 2.44. The molecular formula is C14H20N2O7S. The molecule has 0 aromatic heterocycles. The van der Waals surface area contributed by atoms with Gasteiger partial charge in [-0.05, 0) is 27.2 Å². The number of nitro groups is 1. The number of nitro benzene ring substituents is 1. The summed E-state index contributed by atoms with van der Waals surface area (Å²) in [4.78, 5) is 21.9. The van der Waals surface area contributed by atoms with E-state index in [4.69, 9.17) is 4.74 Å². The fourth-order valence-electron chi connectivity index (χ4n) is 1.95. The number of nitrogens with one attached hydrogen (secondary N) is 1. The quantitative estimate of drug-likeness (QED) is 0.610. The molecule has 134 valence electrons. The fraction of sp³-hybridized carbons (Fsp3) is 0.500. The predicted molar refractivity (Wildman–Crippen MR) is 85.5 cm³/mol. The molecule has 1 rings (SSSR count). The molecule has 0 spiro atoms. The van der Waals surface area contributed by atoms with Gasteiger partial charge in [-0.2, -0.15) is 13.9 Å². The van der Waals surface area contributed by atoms with Crippen LogP contribution in [0.2, 0.25) is 0 Å². The van der Waals surface area contributed by atoms with E-state index in [0.717, 1.165) is 0 Å². The maximum absolute atomic E-state index is 12.3. The van der Waals surface area contributed by atoms with Gasteiger partial charge in [-0.25, -0.2) is 4.79 Å². The van der Waals surface area contributed by atoms with E-state index < -0.39 is 32.0 Å². The maximum atomic E-state index is 12.3. The lowest BCUT2D eigenvalue weighted by Crippen LogP contribution is -2.35. The van der Waals surface area contributed by atoms with Crippen LogP contribution in [0.25, 0.3) is 0 Å². The van der Waals surface area contributed by atoms with Gasteiger partial charge in [0, 0.05) is 6.07 Å². The Morgan fingerprint density at radius 2 is 1.92 bits per heavy atom. The molecule has 0 radical (unpaired) electrons. The Bertz CT molecular complexity index is 710. The summed E-state index contributed by atoms with van der Waals surface area (Å²) in [6.07, 6.45) is -1.06. The van der Waals surface area contributed by atoms with Crippen LogP contribution in [0, 0.1) is 10.1 Å². The molecule has 0 bridgehead atoms. The van der Waals surface area contributed by atoms with Crippen molar-refractivity contribution in [3.05, 3.63) is 39.9 Å². The molecule has 0 heterocycles. The highest BCUT2D eigenvalue weighted by molar-refractivity contribution is 7.87. The SMILES string of the molecule is CCC(c1ccccc1[N+](=O)[O-])S(=O)(=O)ONC(=O)OC(C)(C)C. The van der Waals surface area contributed by atoms with E-state index in [2.05, 4.69) is 4.28 Å². The molecule has 24 heavy (non-hydrogen) atoms. The number of benzene rings is 1. The molecule has 1 N–H and O–H groups in total.